The number of methoxy groups -OCH3 is 1. The number of hydrogen-bond acceptors (Lipinski definition) is 8. The number of benzene rings is 3. The molecule has 2 aromatic heterocycles. The molecule has 1 amide bonds. The predicted molar refractivity (Wildman–Crippen MR) is 150 cm³/mol. The van der Waals surface area contributed by atoms with Gasteiger partial charge in [-0.1, -0.05) is 76.7 Å². The molecule has 3 heterocycles. The molecule has 0 fully saturated rings. The summed E-state index contributed by atoms with van der Waals surface area (Å²) in [5.41, 5.74) is 4.48. The highest BCUT2D eigenvalue weighted by Crippen LogP contribution is 2.44. The quantitative estimate of drug-likeness (QED) is 0.184. The van der Waals surface area contributed by atoms with Crippen molar-refractivity contribution in [3.63, 3.8) is 0 Å². The second kappa shape index (κ2) is 9.74. The van der Waals surface area contributed by atoms with E-state index in [-0.39, 0.29) is 11.2 Å². The molecule has 0 N–H and O–H groups in total. The molecule has 1 atom stereocenters. The number of anilines is 1. The summed E-state index contributed by atoms with van der Waals surface area (Å²) in [5.74, 6) is 0.963. The summed E-state index contributed by atoms with van der Waals surface area (Å²) in [7, 11) is 1.58. The highest BCUT2D eigenvalue weighted by molar-refractivity contribution is 8.00. The van der Waals surface area contributed by atoms with Crippen LogP contribution in [0.15, 0.2) is 80.3 Å². The summed E-state index contributed by atoms with van der Waals surface area (Å²) in [5, 5.41) is 9.56. The Hall–Kier alpha value is -3.95. The van der Waals surface area contributed by atoms with Gasteiger partial charge in [0, 0.05) is 5.75 Å². The number of amides is 1. The Morgan fingerprint density at radius 3 is 2.58 bits per heavy atom. The minimum absolute atomic E-state index is 0.0308. The van der Waals surface area contributed by atoms with Crippen LogP contribution in [0.25, 0.3) is 11.0 Å². The first-order valence-corrected chi connectivity index (χ1v) is 13.8. The smallest absolute Gasteiger partial charge is 0.297 e. The molecule has 9 heteroatoms. The predicted octanol–water partition coefficient (Wildman–Crippen LogP) is 6.31. The number of ether oxygens (including phenoxy) is 1. The molecule has 5 aromatic rings. The molecule has 3 aromatic carbocycles. The van der Waals surface area contributed by atoms with Gasteiger partial charge in [-0.3, -0.25) is 14.5 Å². The fraction of sp³-hybridized carbons (Fsp3) is 0.172. The summed E-state index contributed by atoms with van der Waals surface area (Å²) >= 11 is 2.87. The summed E-state index contributed by atoms with van der Waals surface area (Å²) in [6.45, 7) is 3.97. The number of nitrogens with zero attached hydrogens (tertiary/aromatic N) is 3. The number of carbonyl (C=O) groups excluding carboxylic acids is 1. The van der Waals surface area contributed by atoms with E-state index >= 15 is 0 Å². The number of carbonyl (C=O) groups is 1. The van der Waals surface area contributed by atoms with Crippen molar-refractivity contribution in [2.75, 3.05) is 12.0 Å². The van der Waals surface area contributed by atoms with Crippen LogP contribution in [0.4, 0.5) is 5.13 Å². The Labute approximate surface area is 227 Å². The molecule has 190 valence electrons. The average molecular weight is 542 g/mol. The van der Waals surface area contributed by atoms with Gasteiger partial charge in [0.2, 0.25) is 10.9 Å². The van der Waals surface area contributed by atoms with Crippen molar-refractivity contribution < 1.29 is 13.9 Å². The Morgan fingerprint density at radius 2 is 1.79 bits per heavy atom. The van der Waals surface area contributed by atoms with Crippen LogP contribution in [0.1, 0.15) is 44.4 Å². The summed E-state index contributed by atoms with van der Waals surface area (Å²) < 4.78 is 12.2. The molecule has 0 saturated carbocycles. The van der Waals surface area contributed by atoms with Crippen LogP contribution >= 0.6 is 23.1 Å². The largest absolute Gasteiger partial charge is 0.497 e. The van der Waals surface area contributed by atoms with Gasteiger partial charge in [-0.25, -0.2) is 0 Å². The lowest BCUT2D eigenvalue weighted by molar-refractivity contribution is 0.0970. The number of rotatable bonds is 6. The average Bonchev–Trinajstić information content (AvgIpc) is 3.51. The van der Waals surface area contributed by atoms with E-state index < -0.39 is 11.9 Å². The number of aromatic nitrogens is 2. The van der Waals surface area contributed by atoms with Crippen LogP contribution in [0.2, 0.25) is 0 Å². The van der Waals surface area contributed by atoms with Gasteiger partial charge in [0.05, 0.1) is 24.1 Å². The molecule has 0 spiro atoms. The Kier molecular flexibility index (Phi) is 6.25. The third kappa shape index (κ3) is 4.27. The van der Waals surface area contributed by atoms with E-state index in [1.807, 2.05) is 37.3 Å². The third-order valence-electron chi connectivity index (χ3n) is 6.52. The zero-order valence-electron chi connectivity index (χ0n) is 20.9. The number of hydrogen-bond donors (Lipinski definition) is 0. The van der Waals surface area contributed by atoms with Crippen LogP contribution in [0.3, 0.4) is 0 Å². The topological polar surface area (TPSA) is 85.5 Å². The SMILES string of the molecule is COc1cccc(C2c3c(oc4ccc(C)cc4c3=O)C(=O)N2c2nnc(SCc3ccc(C)cc3)s2)c1. The molecular formula is C29H23N3O4S2. The minimum Gasteiger partial charge on any atom is -0.497 e. The number of thioether (sulfide) groups is 1. The first kappa shape index (κ1) is 24.4. The van der Waals surface area contributed by atoms with E-state index in [2.05, 4.69) is 41.4 Å². The van der Waals surface area contributed by atoms with Crippen LogP contribution in [-0.2, 0) is 5.75 Å². The summed E-state index contributed by atoms with van der Waals surface area (Å²) in [6.07, 6.45) is 0. The first-order valence-electron chi connectivity index (χ1n) is 12.0. The molecule has 0 saturated heterocycles. The summed E-state index contributed by atoms with van der Waals surface area (Å²) in [4.78, 5) is 29.1. The molecule has 6 rings (SSSR count). The molecule has 0 aliphatic carbocycles. The summed E-state index contributed by atoms with van der Waals surface area (Å²) in [6, 6.07) is 20.4. The first-order chi connectivity index (χ1) is 18.4. The van der Waals surface area contributed by atoms with Gasteiger partial charge in [-0.2, -0.15) is 0 Å². The van der Waals surface area contributed by atoms with Crippen LogP contribution in [0.5, 0.6) is 5.75 Å². The fourth-order valence-electron chi connectivity index (χ4n) is 4.60. The van der Waals surface area contributed by atoms with Crippen molar-refractivity contribution in [2.24, 2.45) is 0 Å². The maximum Gasteiger partial charge on any atom is 0.297 e. The number of fused-ring (bicyclic) bond motifs is 2. The zero-order valence-corrected chi connectivity index (χ0v) is 22.6. The van der Waals surface area contributed by atoms with Crippen LogP contribution in [0, 0.1) is 13.8 Å². The van der Waals surface area contributed by atoms with Crippen molar-refractivity contribution in [3.05, 3.63) is 111 Å². The highest BCUT2D eigenvalue weighted by Gasteiger charge is 2.45. The van der Waals surface area contributed by atoms with Crippen LogP contribution in [-0.4, -0.2) is 23.2 Å². The maximum absolute atomic E-state index is 13.8. The normalized spacial score (nSPS) is 14.8. The molecule has 1 aliphatic rings. The van der Waals surface area contributed by atoms with Crippen LogP contribution < -0.4 is 15.1 Å². The van der Waals surface area contributed by atoms with E-state index in [0.717, 1.165) is 21.2 Å². The standard InChI is InChI=1S/C29H23N3O4S2/c1-16-7-10-18(11-8-16)15-37-29-31-30-28(38-29)32-24(19-5-4-6-20(14-19)35-3)23-25(33)21-13-17(2)9-12-22(21)36-26(23)27(32)34/h4-14,24H,15H2,1-3H3. The van der Waals surface area contributed by atoms with Gasteiger partial charge >= 0.3 is 0 Å². The molecule has 7 nitrogen and oxygen atoms in total. The van der Waals surface area contributed by atoms with Gasteiger partial charge in [-0.15, -0.1) is 10.2 Å². The van der Waals surface area contributed by atoms with Gasteiger partial charge in [0.15, 0.2) is 9.77 Å². The van der Waals surface area contributed by atoms with Gasteiger partial charge in [0.25, 0.3) is 5.91 Å². The molecule has 0 radical (unpaired) electrons. The van der Waals surface area contributed by atoms with Crippen molar-refractivity contribution in [3.8, 4) is 5.75 Å². The highest BCUT2D eigenvalue weighted by atomic mass is 32.2. The maximum atomic E-state index is 13.8. The lowest BCUT2D eigenvalue weighted by Crippen LogP contribution is -2.29. The second-order valence-corrected chi connectivity index (χ2v) is 11.3. The van der Waals surface area contributed by atoms with Crippen molar-refractivity contribution in [2.45, 2.75) is 30.0 Å². The Bertz CT molecular complexity index is 1740. The lowest BCUT2D eigenvalue weighted by Gasteiger charge is -2.22. The molecule has 1 aliphatic heterocycles. The third-order valence-corrected chi connectivity index (χ3v) is 8.65. The lowest BCUT2D eigenvalue weighted by atomic mass is 9.98. The Balaban J connectivity index is 1.44. The Morgan fingerprint density at radius 1 is 1.00 bits per heavy atom. The zero-order chi connectivity index (χ0) is 26.4. The monoisotopic (exact) mass is 541 g/mol. The van der Waals surface area contributed by atoms with E-state index in [1.54, 1.807) is 31.0 Å². The van der Waals surface area contributed by atoms with Crippen molar-refractivity contribution >= 4 is 45.1 Å². The second-order valence-electron chi connectivity index (χ2n) is 9.15. The van der Waals surface area contributed by atoms with E-state index in [0.29, 0.717) is 27.4 Å². The van der Waals surface area contributed by atoms with E-state index in [4.69, 9.17) is 9.15 Å². The molecule has 38 heavy (non-hydrogen) atoms. The molecular weight excluding hydrogens is 518 g/mol. The minimum atomic E-state index is -0.725. The van der Waals surface area contributed by atoms with E-state index in [9.17, 15) is 9.59 Å². The fourth-order valence-corrected chi connectivity index (χ4v) is 6.42. The van der Waals surface area contributed by atoms with Crippen molar-refractivity contribution in [1.82, 2.24) is 10.2 Å². The van der Waals surface area contributed by atoms with E-state index in [1.165, 1.54) is 27.4 Å². The molecule has 1 unspecified atom stereocenters. The van der Waals surface area contributed by atoms with Crippen molar-refractivity contribution in [1.29, 1.82) is 0 Å². The van der Waals surface area contributed by atoms with Gasteiger partial charge in [-0.05, 0) is 49.2 Å². The van der Waals surface area contributed by atoms with Gasteiger partial charge < -0.3 is 9.15 Å². The van der Waals surface area contributed by atoms with Gasteiger partial charge in [0.1, 0.15) is 11.3 Å². The molecule has 0 bridgehead atoms. The number of aryl methyl sites for hydroxylation is 2.